The van der Waals surface area contributed by atoms with Crippen LogP contribution in [0.1, 0.15) is 26.3 Å². The number of halogens is 1. The molecule has 0 spiro atoms. The van der Waals surface area contributed by atoms with Gasteiger partial charge in [0.2, 0.25) is 0 Å². The van der Waals surface area contributed by atoms with E-state index >= 15 is 0 Å². The zero-order chi connectivity index (χ0) is 13.8. The molecule has 0 radical (unpaired) electrons. The molecule has 2 N–H and O–H groups in total. The van der Waals surface area contributed by atoms with Crippen molar-refractivity contribution in [2.45, 2.75) is 32.8 Å². The monoisotopic (exact) mass is 272 g/mol. The second-order valence-electron chi connectivity index (χ2n) is 4.83. The maximum absolute atomic E-state index is 11.4. The standard InChI is InChI=1S/C12H17ClN2O3/c1-12(2,3)18-11(17)14-5-4-8-6-9(16)10(13)15-7-8/h6-7,16H,4-5H2,1-3H3,(H,14,17). The van der Waals surface area contributed by atoms with Crippen LogP contribution in [0.25, 0.3) is 0 Å². The van der Waals surface area contributed by atoms with Crippen molar-refractivity contribution in [2.24, 2.45) is 0 Å². The van der Waals surface area contributed by atoms with E-state index in [1.165, 1.54) is 6.07 Å². The number of aromatic nitrogens is 1. The van der Waals surface area contributed by atoms with Crippen molar-refractivity contribution in [3.05, 3.63) is 23.0 Å². The number of pyridine rings is 1. The first-order valence-electron chi connectivity index (χ1n) is 5.58. The van der Waals surface area contributed by atoms with Gasteiger partial charge in [-0.1, -0.05) is 11.6 Å². The Morgan fingerprint density at radius 3 is 2.78 bits per heavy atom. The number of amides is 1. The molecular formula is C12H17ClN2O3. The van der Waals surface area contributed by atoms with Crippen LogP contribution in [0.2, 0.25) is 5.15 Å². The molecule has 18 heavy (non-hydrogen) atoms. The average molecular weight is 273 g/mol. The van der Waals surface area contributed by atoms with E-state index in [0.717, 1.165) is 5.56 Å². The molecule has 0 aliphatic rings. The Bertz CT molecular complexity index is 430. The first kappa shape index (κ1) is 14.6. The summed E-state index contributed by atoms with van der Waals surface area (Å²) in [5, 5.41) is 12.0. The zero-order valence-corrected chi connectivity index (χ0v) is 11.4. The summed E-state index contributed by atoms with van der Waals surface area (Å²) in [7, 11) is 0. The Morgan fingerprint density at radius 2 is 2.22 bits per heavy atom. The zero-order valence-electron chi connectivity index (χ0n) is 10.7. The number of carbonyl (C=O) groups excluding carboxylic acids is 1. The van der Waals surface area contributed by atoms with Crippen molar-refractivity contribution in [2.75, 3.05) is 6.54 Å². The molecule has 0 fully saturated rings. The van der Waals surface area contributed by atoms with E-state index in [2.05, 4.69) is 10.3 Å². The lowest BCUT2D eigenvalue weighted by molar-refractivity contribution is 0.0528. The van der Waals surface area contributed by atoms with Gasteiger partial charge in [0.05, 0.1) is 0 Å². The van der Waals surface area contributed by atoms with Crippen molar-refractivity contribution in [3.8, 4) is 5.75 Å². The predicted octanol–water partition coefficient (Wildman–Crippen LogP) is 2.51. The number of carbonyl (C=O) groups is 1. The van der Waals surface area contributed by atoms with Gasteiger partial charge in [-0.15, -0.1) is 0 Å². The molecule has 0 atom stereocenters. The Balaban J connectivity index is 2.38. The lowest BCUT2D eigenvalue weighted by atomic mass is 10.2. The van der Waals surface area contributed by atoms with Crippen molar-refractivity contribution in [3.63, 3.8) is 0 Å². The molecule has 1 amide bonds. The Hall–Kier alpha value is -1.49. The normalized spacial score (nSPS) is 11.1. The predicted molar refractivity (Wildman–Crippen MR) is 68.9 cm³/mol. The smallest absolute Gasteiger partial charge is 0.407 e. The topological polar surface area (TPSA) is 71.5 Å². The molecule has 0 saturated carbocycles. The Kier molecular flexibility index (Phi) is 4.78. The summed E-state index contributed by atoms with van der Waals surface area (Å²) in [5.74, 6) is -0.0635. The van der Waals surface area contributed by atoms with Crippen LogP contribution in [0.3, 0.4) is 0 Å². The minimum absolute atomic E-state index is 0.0635. The minimum Gasteiger partial charge on any atom is -0.505 e. The third-order valence-corrected chi connectivity index (χ3v) is 2.25. The third-order valence-electron chi connectivity index (χ3n) is 1.96. The molecule has 0 aliphatic carbocycles. The Morgan fingerprint density at radius 1 is 1.56 bits per heavy atom. The molecule has 5 nitrogen and oxygen atoms in total. The van der Waals surface area contributed by atoms with Crippen LogP contribution in [-0.4, -0.2) is 28.3 Å². The van der Waals surface area contributed by atoms with Gasteiger partial charge in [0.15, 0.2) is 10.9 Å². The minimum atomic E-state index is -0.510. The highest BCUT2D eigenvalue weighted by atomic mass is 35.5. The van der Waals surface area contributed by atoms with E-state index in [0.29, 0.717) is 13.0 Å². The summed E-state index contributed by atoms with van der Waals surface area (Å²) in [6, 6.07) is 1.52. The molecule has 0 bridgehead atoms. The van der Waals surface area contributed by atoms with E-state index in [9.17, 15) is 9.90 Å². The summed E-state index contributed by atoms with van der Waals surface area (Å²) >= 11 is 5.59. The summed E-state index contributed by atoms with van der Waals surface area (Å²) in [5.41, 5.74) is 0.275. The molecule has 1 heterocycles. The van der Waals surface area contributed by atoms with Crippen LogP contribution in [-0.2, 0) is 11.2 Å². The van der Waals surface area contributed by atoms with Gasteiger partial charge in [0.1, 0.15) is 5.60 Å². The second kappa shape index (κ2) is 5.91. The number of nitrogens with zero attached hydrogens (tertiary/aromatic N) is 1. The molecule has 0 unspecified atom stereocenters. The summed E-state index contributed by atoms with van der Waals surface area (Å²) < 4.78 is 5.08. The van der Waals surface area contributed by atoms with Gasteiger partial charge >= 0.3 is 6.09 Å². The van der Waals surface area contributed by atoms with Crippen LogP contribution in [0.5, 0.6) is 5.75 Å². The average Bonchev–Trinajstić information content (AvgIpc) is 2.20. The SMILES string of the molecule is CC(C)(C)OC(=O)NCCc1cnc(Cl)c(O)c1. The maximum atomic E-state index is 11.4. The number of hydrogen-bond acceptors (Lipinski definition) is 4. The second-order valence-corrected chi connectivity index (χ2v) is 5.19. The fourth-order valence-electron chi connectivity index (χ4n) is 1.24. The van der Waals surface area contributed by atoms with Crippen LogP contribution < -0.4 is 5.32 Å². The van der Waals surface area contributed by atoms with Crippen molar-refractivity contribution < 1.29 is 14.6 Å². The van der Waals surface area contributed by atoms with Crippen LogP contribution in [0.4, 0.5) is 4.79 Å². The number of alkyl carbamates (subject to hydrolysis) is 1. The summed E-state index contributed by atoms with van der Waals surface area (Å²) in [4.78, 5) is 15.2. The molecule has 1 aromatic rings. The van der Waals surface area contributed by atoms with E-state index in [4.69, 9.17) is 16.3 Å². The highest BCUT2D eigenvalue weighted by molar-refractivity contribution is 6.30. The maximum Gasteiger partial charge on any atom is 0.407 e. The van der Waals surface area contributed by atoms with Gasteiger partial charge in [-0.25, -0.2) is 9.78 Å². The Labute approximate surface area is 111 Å². The van der Waals surface area contributed by atoms with E-state index in [-0.39, 0.29) is 10.9 Å². The lowest BCUT2D eigenvalue weighted by Crippen LogP contribution is -2.33. The highest BCUT2D eigenvalue weighted by Gasteiger charge is 2.15. The molecule has 1 rings (SSSR count). The quantitative estimate of drug-likeness (QED) is 0.830. The molecular weight excluding hydrogens is 256 g/mol. The van der Waals surface area contributed by atoms with Crippen LogP contribution >= 0.6 is 11.6 Å². The van der Waals surface area contributed by atoms with E-state index in [1.54, 1.807) is 27.0 Å². The molecule has 0 aliphatic heterocycles. The summed E-state index contributed by atoms with van der Waals surface area (Å²) in [6.07, 6.45) is 1.63. The fourth-order valence-corrected chi connectivity index (χ4v) is 1.34. The van der Waals surface area contributed by atoms with Gasteiger partial charge in [-0.2, -0.15) is 0 Å². The van der Waals surface area contributed by atoms with Crippen molar-refractivity contribution in [1.29, 1.82) is 0 Å². The van der Waals surface area contributed by atoms with Gasteiger partial charge in [-0.05, 0) is 38.8 Å². The number of hydrogen-bond donors (Lipinski definition) is 2. The van der Waals surface area contributed by atoms with Crippen molar-refractivity contribution >= 4 is 17.7 Å². The largest absolute Gasteiger partial charge is 0.505 e. The van der Waals surface area contributed by atoms with Crippen LogP contribution in [0, 0.1) is 0 Å². The number of nitrogens with one attached hydrogen (secondary N) is 1. The molecule has 1 aromatic heterocycles. The van der Waals surface area contributed by atoms with Crippen molar-refractivity contribution in [1.82, 2.24) is 10.3 Å². The van der Waals surface area contributed by atoms with E-state index in [1.807, 2.05) is 0 Å². The number of ether oxygens (including phenoxy) is 1. The third kappa shape index (κ3) is 5.23. The van der Waals surface area contributed by atoms with Gasteiger partial charge in [0.25, 0.3) is 0 Å². The molecule has 100 valence electrons. The molecule has 0 aromatic carbocycles. The lowest BCUT2D eigenvalue weighted by Gasteiger charge is -2.19. The fraction of sp³-hybridized carbons (Fsp3) is 0.500. The molecule has 6 heteroatoms. The van der Waals surface area contributed by atoms with Gasteiger partial charge in [-0.3, -0.25) is 0 Å². The van der Waals surface area contributed by atoms with E-state index < -0.39 is 11.7 Å². The number of rotatable bonds is 3. The first-order chi connectivity index (χ1) is 8.28. The highest BCUT2D eigenvalue weighted by Crippen LogP contribution is 2.20. The van der Waals surface area contributed by atoms with Crippen LogP contribution in [0.15, 0.2) is 12.3 Å². The number of aromatic hydroxyl groups is 1. The van der Waals surface area contributed by atoms with Gasteiger partial charge < -0.3 is 15.2 Å². The van der Waals surface area contributed by atoms with Gasteiger partial charge in [0, 0.05) is 12.7 Å². The first-order valence-corrected chi connectivity index (χ1v) is 5.96. The summed E-state index contributed by atoms with van der Waals surface area (Å²) in [6.45, 7) is 5.80. The molecule has 0 saturated heterocycles.